The summed E-state index contributed by atoms with van der Waals surface area (Å²) >= 11 is 0. The molecule has 0 aliphatic heterocycles. The van der Waals surface area contributed by atoms with Crippen LogP contribution in [-0.2, 0) is 14.6 Å². The number of Topliss-reactive ketones (excluding diaryl/α,β-unsaturated/α-hetero) is 1. The summed E-state index contributed by atoms with van der Waals surface area (Å²) in [6.07, 6.45) is 0. The van der Waals surface area contributed by atoms with Crippen molar-refractivity contribution in [1.29, 1.82) is 0 Å². The normalized spacial score (nSPS) is 11.1. The first kappa shape index (κ1) is 12.7. The summed E-state index contributed by atoms with van der Waals surface area (Å²) in [5, 5.41) is 0. The van der Waals surface area contributed by atoms with Gasteiger partial charge in [-0.15, -0.1) is 0 Å². The number of carbonyl (C=O) groups excluding carboxylic acids is 1. The third-order valence-electron chi connectivity index (χ3n) is 1.89. The number of rotatable bonds is 5. The van der Waals surface area contributed by atoms with Crippen LogP contribution >= 0.6 is 0 Å². The molecule has 0 aromatic heterocycles. The molecule has 0 atom stereocenters. The van der Waals surface area contributed by atoms with E-state index in [-0.39, 0.29) is 10.7 Å². The lowest BCUT2D eigenvalue weighted by atomic mass is 10.3. The maximum Gasteiger partial charge on any atom is 0.185 e. The fourth-order valence-corrected chi connectivity index (χ4v) is 2.51. The number of hydrogen-bond donors (Lipinski definition) is 0. The van der Waals surface area contributed by atoms with Crippen LogP contribution in [0.4, 0.5) is 0 Å². The van der Waals surface area contributed by atoms with E-state index < -0.39 is 15.6 Å². The van der Waals surface area contributed by atoms with E-state index >= 15 is 0 Å². The summed E-state index contributed by atoms with van der Waals surface area (Å²) < 4.78 is 28.5. The average molecular weight is 242 g/mol. The standard InChI is InChI=1S/C11H14O4S/c1-3-15-10-4-6-11(7-5-10)16(13,14)8-9(2)12/h4-7H,3,8H2,1-2H3. The summed E-state index contributed by atoms with van der Waals surface area (Å²) in [5.41, 5.74) is 0. The van der Waals surface area contributed by atoms with Crippen LogP contribution in [0.1, 0.15) is 13.8 Å². The van der Waals surface area contributed by atoms with Crippen LogP contribution in [0.5, 0.6) is 5.75 Å². The highest BCUT2D eigenvalue weighted by atomic mass is 32.2. The maximum absolute atomic E-state index is 11.7. The van der Waals surface area contributed by atoms with Gasteiger partial charge in [-0.25, -0.2) is 8.42 Å². The molecular weight excluding hydrogens is 228 g/mol. The van der Waals surface area contributed by atoms with E-state index in [2.05, 4.69) is 0 Å². The molecule has 88 valence electrons. The summed E-state index contributed by atoms with van der Waals surface area (Å²) in [6, 6.07) is 6.06. The van der Waals surface area contributed by atoms with Crippen LogP contribution in [0, 0.1) is 0 Å². The van der Waals surface area contributed by atoms with Crippen LogP contribution < -0.4 is 4.74 Å². The lowest BCUT2D eigenvalue weighted by molar-refractivity contribution is -0.114. The predicted molar refractivity (Wildman–Crippen MR) is 60.3 cm³/mol. The van der Waals surface area contributed by atoms with Gasteiger partial charge in [-0.1, -0.05) is 0 Å². The highest BCUT2D eigenvalue weighted by Crippen LogP contribution is 2.17. The smallest absolute Gasteiger partial charge is 0.185 e. The molecule has 1 rings (SSSR count). The fraction of sp³-hybridized carbons (Fsp3) is 0.364. The van der Waals surface area contributed by atoms with Gasteiger partial charge in [0.1, 0.15) is 17.3 Å². The van der Waals surface area contributed by atoms with E-state index in [1.807, 2.05) is 6.92 Å². The van der Waals surface area contributed by atoms with Gasteiger partial charge >= 0.3 is 0 Å². The number of sulfone groups is 1. The Labute approximate surface area is 95.2 Å². The van der Waals surface area contributed by atoms with Gasteiger partial charge in [0.2, 0.25) is 0 Å². The predicted octanol–water partition coefficient (Wildman–Crippen LogP) is 1.45. The topological polar surface area (TPSA) is 60.4 Å². The van der Waals surface area contributed by atoms with E-state index in [0.29, 0.717) is 12.4 Å². The van der Waals surface area contributed by atoms with Crippen molar-refractivity contribution in [3.05, 3.63) is 24.3 Å². The van der Waals surface area contributed by atoms with Crippen molar-refractivity contribution >= 4 is 15.6 Å². The second-order valence-corrected chi connectivity index (χ2v) is 5.36. The molecule has 0 aliphatic carbocycles. The molecular formula is C11H14O4S. The Morgan fingerprint density at radius 3 is 2.25 bits per heavy atom. The summed E-state index contributed by atoms with van der Waals surface area (Å²) in [7, 11) is -3.50. The lowest BCUT2D eigenvalue weighted by Gasteiger charge is -2.05. The molecule has 0 unspecified atom stereocenters. The van der Waals surface area contributed by atoms with Crippen molar-refractivity contribution < 1.29 is 17.9 Å². The van der Waals surface area contributed by atoms with Gasteiger partial charge in [-0.2, -0.15) is 0 Å². The first-order valence-electron chi connectivity index (χ1n) is 4.91. The minimum atomic E-state index is -3.50. The number of hydrogen-bond acceptors (Lipinski definition) is 4. The largest absolute Gasteiger partial charge is 0.494 e. The third-order valence-corrected chi connectivity index (χ3v) is 3.66. The number of carbonyl (C=O) groups is 1. The van der Waals surface area contributed by atoms with Crippen molar-refractivity contribution in [3.63, 3.8) is 0 Å². The summed E-state index contributed by atoms with van der Waals surface area (Å²) in [6.45, 7) is 3.63. The molecule has 0 amide bonds. The quantitative estimate of drug-likeness (QED) is 0.784. The summed E-state index contributed by atoms with van der Waals surface area (Å²) in [5.74, 6) is -0.209. The Kier molecular flexibility index (Phi) is 4.06. The molecule has 1 aromatic rings. The molecule has 5 heteroatoms. The molecule has 0 aliphatic rings. The molecule has 0 spiro atoms. The molecule has 1 aromatic carbocycles. The molecule has 0 heterocycles. The van der Waals surface area contributed by atoms with Crippen LogP contribution in [0.2, 0.25) is 0 Å². The van der Waals surface area contributed by atoms with Crippen LogP contribution in [0.25, 0.3) is 0 Å². The molecule has 16 heavy (non-hydrogen) atoms. The highest BCUT2D eigenvalue weighted by molar-refractivity contribution is 7.92. The molecule has 0 N–H and O–H groups in total. The van der Waals surface area contributed by atoms with Crippen molar-refractivity contribution in [2.24, 2.45) is 0 Å². The zero-order chi connectivity index (χ0) is 12.2. The van der Waals surface area contributed by atoms with E-state index in [9.17, 15) is 13.2 Å². The van der Waals surface area contributed by atoms with Crippen molar-refractivity contribution in [1.82, 2.24) is 0 Å². The van der Waals surface area contributed by atoms with Gasteiger partial charge in [-0.05, 0) is 38.1 Å². The second-order valence-electron chi connectivity index (χ2n) is 3.37. The van der Waals surface area contributed by atoms with E-state index in [4.69, 9.17) is 4.74 Å². The van der Waals surface area contributed by atoms with Gasteiger partial charge in [0.25, 0.3) is 0 Å². The molecule has 4 nitrogen and oxygen atoms in total. The number of benzene rings is 1. The van der Waals surface area contributed by atoms with E-state index in [1.54, 1.807) is 12.1 Å². The Balaban J connectivity index is 2.93. The average Bonchev–Trinajstić information content (AvgIpc) is 2.17. The zero-order valence-corrected chi connectivity index (χ0v) is 10.1. The number of ketones is 1. The van der Waals surface area contributed by atoms with Crippen LogP contribution in [0.3, 0.4) is 0 Å². The van der Waals surface area contributed by atoms with Crippen molar-refractivity contribution in [2.75, 3.05) is 12.4 Å². The Morgan fingerprint density at radius 1 is 1.25 bits per heavy atom. The van der Waals surface area contributed by atoms with Crippen LogP contribution in [-0.4, -0.2) is 26.6 Å². The monoisotopic (exact) mass is 242 g/mol. The molecule has 0 fully saturated rings. The first-order valence-corrected chi connectivity index (χ1v) is 6.56. The molecule has 0 saturated carbocycles. The molecule has 0 radical (unpaired) electrons. The highest BCUT2D eigenvalue weighted by Gasteiger charge is 2.16. The molecule has 0 bridgehead atoms. The summed E-state index contributed by atoms with van der Waals surface area (Å²) in [4.78, 5) is 10.9. The second kappa shape index (κ2) is 5.12. The lowest BCUT2D eigenvalue weighted by Crippen LogP contribution is -2.13. The Morgan fingerprint density at radius 2 is 1.81 bits per heavy atom. The SMILES string of the molecule is CCOc1ccc(S(=O)(=O)CC(C)=O)cc1. The fourth-order valence-electron chi connectivity index (χ4n) is 1.26. The Bertz CT molecular complexity index is 459. The van der Waals surface area contributed by atoms with E-state index in [0.717, 1.165) is 0 Å². The van der Waals surface area contributed by atoms with Crippen molar-refractivity contribution in [2.45, 2.75) is 18.7 Å². The Hall–Kier alpha value is -1.36. The van der Waals surface area contributed by atoms with Gasteiger partial charge in [0, 0.05) is 0 Å². The van der Waals surface area contributed by atoms with E-state index in [1.165, 1.54) is 19.1 Å². The third kappa shape index (κ3) is 3.34. The minimum Gasteiger partial charge on any atom is -0.494 e. The van der Waals surface area contributed by atoms with Gasteiger partial charge in [0.15, 0.2) is 9.84 Å². The number of ether oxygens (including phenoxy) is 1. The molecule has 0 saturated heterocycles. The van der Waals surface area contributed by atoms with Gasteiger partial charge in [-0.3, -0.25) is 4.79 Å². The minimum absolute atomic E-state index is 0.145. The zero-order valence-electron chi connectivity index (χ0n) is 9.26. The first-order chi connectivity index (χ1) is 7.45. The van der Waals surface area contributed by atoms with Gasteiger partial charge in [0.05, 0.1) is 11.5 Å². The van der Waals surface area contributed by atoms with Crippen LogP contribution in [0.15, 0.2) is 29.2 Å². The maximum atomic E-state index is 11.7. The van der Waals surface area contributed by atoms with Crippen molar-refractivity contribution in [3.8, 4) is 5.75 Å². The van der Waals surface area contributed by atoms with Gasteiger partial charge < -0.3 is 4.74 Å².